The molecule has 0 N–H and O–H groups in total. The van der Waals surface area contributed by atoms with Gasteiger partial charge in [0.1, 0.15) is 10.7 Å². The molecule has 1 aromatic carbocycles. The highest BCUT2D eigenvalue weighted by atomic mass is 32.2. The Kier molecular flexibility index (Phi) is 3.83. The van der Waals surface area contributed by atoms with E-state index in [-0.39, 0.29) is 28.5 Å². The van der Waals surface area contributed by atoms with Crippen molar-refractivity contribution in [1.82, 2.24) is 4.98 Å². The normalized spacial score (nSPS) is 16.5. The van der Waals surface area contributed by atoms with E-state index in [0.29, 0.717) is 0 Å². The number of fused-ring (bicyclic) bond motifs is 1. The molecular formula is C15H12F3N3O2S. The van der Waals surface area contributed by atoms with Crippen LogP contribution >= 0.6 is 0 Å². The summed E-state index contributed by atoms with van der Waals surface area (Å²) in [4.78, 5) is 5.05. The molecule has 1 aliphatic rings. The number of hydrogen-bond donors (Lipinski definition) is 0. The van der Waals surface area contributed by atoms with Crippen LogP contribution in [0.15, 0.2) is 52.0 Å². The SMILES string of the molecule is CCC1=NS(=O)(=O)c2cnccc2N1c1cccc(C(F)(F)F)c1. The number of anilines is 2. The van der Waals surface area contributed by atoms with E-state index in [2.05, 4.69) is 9.38 Å². The molecule has 1 aromatic heterocycles. The van der Waals surface area contributed by atoms with Gasteiger partial charge >= 0.3 is 6.18 Å². The molecule has 3 rings (SSSR count). The number of benzene rings is 1. The number of alkyl halides is 3. The lowest BCUT2D eigenvalue weighted by Crippen LogP contribution is -2.31. The highest BCUT2D eigenvalue weighted by Gasteiger charge is 2.34. The second-order valence-corrected chi connectivity index (χ2v) is 6.64. The third kappa shape index (κ3) is 2.75. The number of halogens is 3. The quantitative estimate of drug-likeness (QED) is 0.823. The molecule has 2 aromatic rings. The number of hydrogen-bond acceptors (Lipinski definition) is 4. The lowest BCUT2D eigenvalue weighted by Gasteiger charge is -2.30. The fraction of sp³-hybridized carbons (Fsp3) is 0.200. The zero-order valence-electron chi connectivity index (χ0n) is 12.4. The maximum Gasteiger partial charge on any atom is 0.416 e. The Balaban J connectivity index is 2.23. The fourth-order valence-electron chi connectivity index (χ4n) is 2.46. The van der Waals surface area contributed by atoms with Gasteiger partial charge < -0.3 is 0 Å². The minimum Gasteiger partial charge on any atom is -0.296 e. The number of pyridine rings is 1. The van der Waals surface area contributed by atoms with E-state index in [1.807, 2.05) is 0 Å². The van der Waals surface area contributed by atoms with Crippen LogP contribution in [-0.4, -0.2) is 19.2 Å². The Morgan fingerprint density at radius 3 is 2.62 bits per heavy atom. The fourth-order valence-corrected chi connectivity index (χ4v) is 3.66. The van der Waals surface area contributed by atoms with E-state index in [0.717, 1.165) is 18.3 Å². The third-order valence-corrected chi connectivity index (χ3v) is 4.83. The Bertz CT molecular complexity index is 924. The molecule has 0 spiro atoms. The molecule has 126 valence electrons. The molecule has 9 heteroatoms. The second kappa shape index (κ2) is 5.59. The van der Waals surface area contributed by atoms with E-state index >= 15 is 0 Å². The van der Waals surface area contributed by atoms with Gasteiger partial charge in [0.25, 0.3) is 10.0 Å². The number of aromatic nitrogens is 1. The number of sulfonamides is 1. The number of nitrogens with zero attached hydrogens (tertiary/aromatic N) is 3. The van der Waals surface area contributed by atoms with Gasteiger partial charge in [0.05, 0.1) is 11.3 Å². The maximum atomic E-state index is 13.0. The van der Waals surface area contributed by atoms with Gasteiger partial charge in [-0.3, -0.25) is 9.88 Å². The standard InChI is InChI=1S/C15H12F3N3O2S/c1-2-14-20-24(22,23)13-9-19-7-6-12(13)21(14)11-5-3-4-10(8-11)15(16,17)18/h3-9H,2H2,1H3. The average molecular weight is 355 g/mol. The van der Waals surface area contributed by atoms with Crippen molar-refractivity contribution >= 4 is 27.2 Å². The number of rotatable bonds is 2. The molecule has 0 saturated carbocycles. The molecule has 0 saturated heterocycles. The van der Waals surface area contributed by atoms with Crippen LogP contribution in [0.2, 0.25) is 0 Å². The lowest BCUT2D eigenvalue weighted by atomic mass is 10.1. The Hall–Kier alpha value is -2.42. The van der Waals surface area contributed by atoms with Crippen LogP contribution in [0.4, 0.5) is 24.5 Å². The van der Waals surface area contributed by atoms with Crippen molar-refractivity contribution < 1.29 is 21.6 Å². The predicted octanol–water partition coefficient (Wildman–Crippen LogP) is 3.75. The van der Waals surface area contributed by atoms with Crippen molar-refractivity contribution in [2.75, 3.05) is 4.90 Å². The summed E-state index contributed by atoms with van der Waals surface area (Å²) in [5, 5.41) is 0. The highest BCUT2D eigenvalue weighted by molar-refractivity contribution is 7.90. The van der Waals surface area contributed by atoms with Crippen molar-refractivity contribution in [1.29, 1.82) is 0 Å². The molecule has 0 aliphatic carbocycles. The molecule has 0 radical (unpaired) electrons. The minimum atomic E-state index is -4.50. The van der Waals surface area contributed by atoms with Crippen LogP contribution in [-0.2, 0) is 16.2 Å². The van der Waals surface area contributed by atoms with E-state index in [4.69, 9.17) is 0 Å². The van der Waals surface area contributed by atoms with Gasteiger partial charge in [-0.1, -0.05) is 13.0 Å². The largest absolute Gasteiger partial charge is 0.416 e. The second-order valence-electron chi connectivity index (χ2n) is 5.06. The van der Waals surface area contributed by atoms with Gasteiger partial charge in [-0.15, -0.1) is 4.40 Å². The molecule has 1 aliphatic heterocycles. The van der Waals surface area contributed by atoms with Crippen LogP contribution in [0.1, 0.15) is 18.9 Å². The Labute approximate surface area is 136 Å². The topological polar surface area (TPSA) is 62.6 Å². The van der Waals surface area contributed by atoms with E-state index in [9.17, 15) is 21.6 Å². The first kappa shape index (κ1) is 16.4. The molecule has 2 heterocycles. The predicted molar refractivity (Wildman–Crippen MR) is 82.7 cm³/mol. The van der Waals surface area contributed by atoms with Gasteiger partial charge in [0.2, 0.25) is 0 Å². The highest BCUT2D eigenvalue weighted by Crippen LogP contribution is 2.39. The van der Waals surface area contributed by atoms with Crippen molar-refractivity contribution in [2.24, 2.45) is 4.40 Å². The molecule has 24 heavy (non-hydrogen) atoms. The first-order valence-electron chi connectivity index (χ1n) is 6.99. The maximum absolute atomic E-state index is 13.0. The minimum absolute atomic E-state index is 0.139. The first-order valence-corrected chi connectivity index (χ1v) is 8.43. The summed E-state index contributed by atoms with van der Waals surface area (Å²) in [7, 11) is -3.92. The monoisotopic (exact) mass is 355 g/mol. The number of amidine groups is 1. The van der Waals surface area contributed by atoms with Crippen LogP contribution in [0, 0.1) is 0 Å². The lowest BCUT2D eigenvalue weighted by molar-refractivity contribution is -0.137. The van der Waals surface area contributed by atoms with Crippen molar-refractivity contribution in [3.8, 4) is 0 Å². The van der Waals surface area contributed by atoms with Crippen LogP contribution in [0.25, 0.3) is 0 Å². The molecule has 5 nitrogen and oxygen atoms in total. The summed E-state index contributed by atoms with van der Waals surface area (Å²) in [6, 6.07) is 6.11. The zero-order valence-corrected chi connectivity index (χ0v) is 13.3. The van der Waals surface area contributed by atoms with Gasteiger partial charge in [-0.05, 0) is 24.3 Å². The molecule has 0 amide bonds. The van der Waals surface area contributed by atoms with Gasteiger partial charge in [0.15, 0.2) is 0 Å². The molecule has 0 fully saturated rings. The van der Waals surface area contributed by atoms with E-state index < -0.39 is 21.8 Å². The van der Waals surface area contributed by atoms with Crippen LogP contribution in [0.5, 0.6) is 0 Å². The van der Waals surface area contributed by atoms with Crippen molar-refractivity contribution in [3.63, 3.8) is 0 Å². The summed E-state index contributed by atoms with van der Waals surface area (Å²) in [5.41, 5.74) is -0.400. The average Bonchev–Trinajstić information content (AvgIpc) is 2.53. The van der Waals surface area contributed by atoms with Crippen molar-refractivity contribution in [2.45, 2.75) is 24.4 Å². The first-order chi connectivity index (χ1) is 11.2. The summed E-state index contributed by atoms with van der Waals surface area (Å²) >= 11 is 0. The zero-order chi connectivity index (χ0) is 17.5. The van der Waals surface area contributed by atoms with Crippen molar-refractivity contribution in [3.05, 3.63) is 48.3 Å². The summed E-state index contributed by atoms with van der Waals surface area (Å²) in [6.45, 7) is 1.68. The summed E-state index contributed by atoms with van der Waals surface area (Å²) in [6.07, 6.45) is -1.74. The van der Waals surface area contributed by atoms with Crippen LogP contribution in [0.3, 0.4) is 0 Å². The molecule has 0 unspecified atom stereocenters. The molecule has 0 atom stereocenters. The third-order valence-electron chi connectivity index (χ3n) is 3.51. The van der Waals surface area contributed by atoms with E-state index in [1.165, 1.54) is 29.3 Å². The smallest absolute Gasteiger partial charge is 0.296 e. The molecular weight excluding hydrogens is 343 g/mol. The van der Waals surface area contributed by atoms with E-state index in [1.54, 1.807) is 6.92 Å². The van der Waals surface area contributed by atoms with Gasteiger partial charge in [-0.25, -0.2) is 0 Å². The van der Waals surface area contributed by atoms with Gasteiger partial charge in [-0.2, -0.15) is 21.6 Å². The Morgan fingerprint density at radius 1 is 1.21 bits per heavy atom. The molecule has 0 bridgehead atoms. The summed E-state index contributed by atoms with van der Waals surface area (Å²) in [5.74, 6) is 0.146. The van der Waals surface area contributed by atoms with Gasteiger partial charge in [0, 0.05) is 24.5 Å². The summed E-state index contributed by atoms with van der Waals surface area (Å²) < 4.78 is 67.1. The Morgan fingerprint density at radius 2 is 1.96 bits per heavy atom. The van der Waals surface area contributed by atoms with Crippen LogP contribution < -0.4 is 4.90 Å².